The minimum absolute atomic E-state index is 0.0184. The predicted octanol–water partition coefficient (Wildman–Crippen LogP) is -0.803. The summed E-state index contributed by atoms with van der Waals surface area (Å²) < 4.78 is 5.59. The molecule has 0 spiro atoms. The molecular formula is C15H27N3O4. The maximum atomic E-state index is 12.5. The zero-order chi connectivity index (χ0) is 15.9. The zero-order valence-electron chi connectivity index (χ0n) is 13.3. The van der Waals surface area contributed by atoms with Crippen LogP contribution >= 0.6 is 0 Å². The first-order chi connectivity index (χ1) is 10.7. The second-order valence-corrected chi connectivity index (χ2v) is 5.83. The van der Waals surface area contributed by atoms with E-state index in [2.05, 4.69) is 5.32 Å². The molecule has 2 fully saturated rings. The number of likely N-dealkylation sites (N-methyl/N-ethyl adjacent to an activating group) is 1. The average molecular weight is 313 g/mol. The first-order valence-electron chi connectivity index (χ1n) is 8.18. The molecule has 0 aromatic carbocycles. The van der Waals surface area contributed by atoms with Crippen molar-refractivity contribution < 1.29 is 19.4 Å². The Morgan fingerprint density at radius 1 is 1.55 bits per heavy atom. The molecule has 7 nitrogen and oxygen atoms in total. The maximum Gasteiger partial charge on any atom is 0.240 e. The quantitative estimate of drug-likeness (QED) is 0.643. The van der Waals surface area contributed by atoms with Gasteiger partial charge >= 0.3 is 0 Å². The van der Waals surface area contributed by atoms with Crippen LogP contribution in [0.2, 0.25) is 0 Å². The highest BCUT2D eigenvalue weighted by Crippen LogP contribution is 2.15. The van der Waals surface area contributed by atoms with E-state index in [4.69, 9.17) is 9.84 Å². The summed E-state index contributed by atoms with van der Waals surface area (Å²) in [6.07, 6.45) is 2.34. The standard InChI is InChI=1S/C15H27N3O4/c1-2-17(7-8-19)14(20)10-13-15(21)18(6-5-16-13)11-12-4-3-9-22-12/h12-13,16,19H,2-11H2,1H3. The van der Waals surface area contributed by atoms with Crippen LogP contribution in [-0.2, 0) is 14.3 Å². The highest BCUT2D eigenvalue weighted by molar-refractivity contribution is 5.89. The van der Waals surface area contributed by atoms with Gasteiger partial charge in [0.15, 0.2) is 0 Å². The van der Waals surface area contributed by atoms with E-state index in [1.807, 2.05) is 11.8 Å². The van der Waals surface area contributed by atoms with Crippen LogP contribution in [0.5, 0.6) is 0 Å². The summed E-state index contributed by atoms with van der Waals surface area (Å²) in [5, 5.41) is 12.1. The molecule has 7 heteroatoms. The van der Waals surface area contributed by atoms with Gasteiger partial charge in [-0.1, -0.05) is 0 Å². The van der Waals surface area contributed by atoms with Gasteiger partial charge in [-0.15, -0.1) is 0 Å². The van der Waals surface area contributed by atoms with E-state index in [1.54, 1.807) is 4.90 Å². The van der Waals surface area contributed by atoms with Gasteiger partial charge in [0.1, 0.15) is 0 Å². The summed E-state index contributed by atoms with van der Waals surface area (Å²) >= 11 is 0. The summed E-state index contributed by atoms with van der Waals surface area (Å²) in [5.41, 5.74) is 0. The van der Waals surface area contributed by atoms with Crippen molar-refractivity contribution in [3.8, 4) is 0 Å². The Hall–Kier alpha value is -1.18. The topological polar surface area (TPSA) is 82.1 Å². The van der Waals surface area contributed by atoms with E-state index < -0.39 is 6.04 Å². The van der Waals surface area contributed by atoms with Crippen molar-refractivity contribution in [2.24, 2.45) is 0 Å². The van der Waals surface area contributed by atoms with Crippen LogP contribution in [0.25, 0.3) is 0 Å². The summed E-state index contributed by atoms with van der Waals surface area (Å²) in [6, 6.07) is -0.463. The number of nitrogens with zero attached hydrogens (tertiary/aromatic N) is 2. The molecule has 0 radical (unpaired) electrons. The Bertz CT molecular complexity index is 385. The van der Waals surface area contributed by atoms with E-state index in [1.165, 1.54) is 0 Å². The summed E-state index contributed by atoms with van der Waals surface area (Å²) in [4.78, 5) is 28.1. The van der Waals surface area contributed by atoms with Gasteiger partial charge in [0, 0.05) is 39.3 Å². The SMILES string of the molecule is CCN(CCO)C(=O)CC1NCCN(CC2CCCO2)C1=O. The van der Waals surface area contributed by atoms with Crippen LogP contribution < -0.4 is 5.32 Å². The molecule has 2 unspecified atom stereocenters. The van der Waals surface area contributed by atoms with Gasteiger partial charge in [-0.3, -0.25) is 9.59 Å². The highest BCUT2D eigenvalue weighted by Gasteiger charge is 2.33. The number of carbonyl (C=O) groups excluding carboxylic acids is 2. The Labute approximate surface area is 131 Å². The van der Waals surface area contributed by atoms with Crippen LogP contribution in [0.1, 0.15) is 26.2 Å². The minimum atomic E-state index is -0.463. The predicted molar refractivity (Wildman–Crippen MR) is 81.3 cm³/mol. The first-order valence-corrected chi connectivity index (χ1v) is 8.18. The Morgan fingerprint density at radius 3 is 3.00 bits per heavy atom. The van der Waals surface area contributed by atoms with Crippen LogP contribution in [0.4, 0.5) is 0 Å². The fourth-order valence-corrected chi connectivity index (χ4v) is 3.05. The zero-order valence-corrected chi connectivity index (χ0v) is 13.3. The number of hydrogen-bond donors (Lipinski definition) is 2. The molecule has 0 bridgehead atoms. The van der Waals surface area contributed by atoms with Gasteiger partial charge < -0.3 is 25.0 Å². The Morgan fingerprint density at radius 2 is 2.36 bits per heavy atom. The lowest BCUT2D eigenvalue weighted by Gasteiger charge is -2.35. The molecule has 126 valence electrons. The molecule has 2 aliphatic rings. The third kappa shape index (κ3) is 4.41. The number of hydrogen-bond acceptors (Lipinski definition) is 5. The average Bonchev–Trinajstić information content (AvgIpc) is 3.01. The largest absolute Gasteiger partial charge is 0.395 e. The Kier molecular flexibility index (Phi) is 6.60. The third-order valence-electron chi connectivity index (χ3n) is 4.31. The molecule has 0 aromatic heterocycles. The van der Waals surface area contributed by atoms with Gasteiger partial charge in [-0.05, 0) is 19.8 Å². The number of rotatable bonds is 7. The highest BCUT2D eigenvalue weighted by atomic mass is 16.5. The van der Waals surface area contributed by atoms with Crippen LogP contribution in [0.3, 0.4) is 0 Å². The molecule has 2 N–H and O–H groups in total. The van der Waals surface area contributed by atoms with Crippen molar-refractivity contribution in [2.75, 3.05) is 45.9 Å². The number of carbonyl (C=O) groups is 2. The third-order valence-corrected chi connectivity index (χ3v) is 4.31. The molecule has 2 aliphatic heterocycles. The Balaban J connectivity index is 1.87. The van der Waals surface area contributed by atoms with Crippen LogP contribution in [0, 0.1) is 0 Å². The molecule has 0 aromatic rings. The van der Waals surface area contributed by atoms with Crippen LogP contribution in [-0.4, -0.2) is 84.8 Å². The number of nitrogens with one attached hydrogen (secondary N) is 1. The molecule has 0 aliphatic carbocycles. The van der Waals surface area contributed by atoms with E-state index >= 15 is 0 Å². The van der Waals surface area contributed by atoms with Gasteiger partial charge in [-0.2, -0.15) is 0 Å². The van der Waals surface area contributed by atoms with Crippen molar-refractivity contribution in [3.63, 3.8) is 0 Å². The van der Waals surface area contributed by atoms with Crippen molar-refractivity contribution in [1.82, 2.24) is 15.1 Å². The summed E-state index contributed by atoms with van der Waals surface area (Å²) in [7, 11) is 0. The monoisotopic (exact) mass is 313 g/mol. The van der Waals surface area contributed by atoms with Gasteiger partial charge in [0.05, 0.1) is 25.2 Å². The lowest BCUT2D eigenvalue weighted by molar-refractivity contribution is -0.142. The summed E-state index contributed by atoms with van der Waals surface area (Å²) in [5.74, 6) is -0.114. The van der Waals surface area contributed by atoms with Gasteiger partial charge in [0.25, 0.3) is 0 Å². The molecular weight excluding hydrogens is 286 g/mol. The van der Waals surface area contributed by atoms with Gasteiger partial charge in [-0.25, -0.2) is 0 Å². The molecule has 0 saturated carbocycles. The number of aliphatic hydroxyl groups excluding tert-OH is 1. The summed E-state index contributed by atoms with van der Waals surface area (Å²) in [6.45, 7) is 5.43. The number of aliphatic hydroxyl groups is 1. The fraction of sp³-hybridized carbons (Fsp3) is 0.867. The lowest BCUT2D eigenvalue weighted by atomic mass is 10.1. The van der Waals surface area contributed by atoms with E-state index in [0.29, 0.717) is 32.7 Å². The van der Waals surface area contributed by atoms with E-state index in [-0.39, 0.29) is 30.9 Å². The van der Waals surface area contributed by atoms with Crippen molar-refractivity contribution >= 4 is 11.8 Å². The molecule has 2 heterocycles. The van der Waals surface area contributed by atoms with Gasteiger partial charge in [0.2, 0.25) is 11.8 Å². The van der Waals surface area contributed by atoms with E-state index in [9.17, 15) is 9.59 Å². The normalized spacial score (nSPS) is 25.5. The molecule has 2 atom stereocenters. The molecule has 2 rings (SSSR count). The van der Waals surface area contributed by atoms with Crippen molar-refractivity contribution in [1.29, 1.82) is 0 Å². The number of ether oxygens (including phenoxy) is 1. The molecule has 22 heavy (non-hydrogen) atoms. The molecule has 2 amide bonds. The van der Waals surface area contributed by atoms with E-state index in [0.717, 1.165) is 19.4 Å². The number of amides is 2. The fourth-order valence-electron chi connectivity index (χ4n) is 3.05. The maximum absolute atomic E-state index is 12.5. The second-order valence-electron chi connectivity index (χ2n) is 5.83. The molecule has 2 saturated heterocycles. The minimum Gasteiger partial charge on any atom is -0.395 e. The van der Waals surface area contributed by atoms with Crippen molar-refractivity contribution in [3.05, 3.63) is 0 Å². The first kappa shape index (κ1) is 17.2. The lowest BCUT2D eigenvalue weighted by Crippen LogP contribution is -2.57. The van der Waals surface area contributed by atoms with Crippen molar-refractivity contribution in [2.45, 2.75) is 38.3 Å². The van der Waals surface area contributed by atoms with Crippen LogP contribution in [0.15, 0.2) is 0 Å². The smallest absolute Gasteiger partial charge is 0.240 e. The second kappa shape index (κ2) is 8.45. The number of piperazine rings is 1.